The average Bonchev–Trinajstić information content (AvgIpc) is 3.06. The SMILES string of the molecule is Cc1ncsc1CCNC(=O)c1ccc(-c2cc(N(C)C)nc(N)n2)cc1. The Bertz CT molecular complexity index is 936. The molecule has 0 atom stereocenters. The third-order valence-corrected chi connectivity index (χ3v) is 5.11. The number of nitrogens with two attached hydrogens (primary N) is 1. The summed E-state index contributed by atoms with van der Waals surface area (Å²) in [7, 11) is 3.79. The average molecular weight is 382 g/mol. The summed E-state index contributed by atoms with van der Waals surface area (Å²) in [4.78, 5) is 28.1. The predicted molar refractivity (Wildman–Crippen MR) is 109 cm³/mol. The summed E-state index contributed by atoms with van der Waals surface area (Å²) in [5.41, 5.74) is 10.9. The Hall–Kier alpha value is -3.00. The van der Waals surface area contributed by atoms with Crippen molar-refractivity contribution in [3.8, 4) is 11.3 Å². The van der Waals surface area contributed by atoms with Crippen molar-refractivity contribution in [2.75, 3.05) is 31.3 Å². The highest BCUT2D eigenvalue weighted by Crippen LogP contribution is 2.22. The van der Waals surface area contributed by atoms with Gasteiger partial charge in [0.15, 0.2) is 0 Å². The first-order chi connectivity index (χ1) is 12.9. The van der Waals surface area contributed by atoms with Crippen LogP contribution in [0.1, 0.15) is 20.9 Å². The van der Waals surface area contributed by atoms with Crippen LogP contribution >= 0.6 is 11.3 Å². The van der Waals surface area contributed by atoms with E-state index in [-0.39, 0.29) is 11.9 Å². The van der Waals surface area contributed by atoms with Crippen molar-refractivity contribution in [2.24, 2.45) is 0 Å². The number of nitrogen functional groups attached to an aromatic ring is 1. The van der Waals surface area contributed by atoms with E-state index >= 15 is 0 Å². The molecular formula is C19H22N6OS. The van der Waals surface area contributed by atoms with Crippen LogP contribution in [0.25, 0.3) is 11.3 Å². The number of hydrogen-bond acceptors (Lipinski definition) is 7. The van der Waals surface area contributed by atoms with Gasteiger partial charge in [0.2, 0.25) is 5.95 Å². The van der Waals surface area contributed by atoms with E-state index < -0.39 is 0 Å². The van der Waals surface area contributed by atoms with Crippen molar-refractivity contribution < 1.29 is 4.79 Å². The zero-order valence-electron chi connectivity index (χ0n) is 15.6. The molecule has 3 rings (SSSR count). The van der Waals surface area contributed by atoms with Crippen molar-refractivity contribution in [2.45, 2.75) is 13.3 Å². The van der Waals surface area contributed by atoms with Gasteiger partial charge in [0, 0.05) is 49.1 Å². The lowest BCUT2D eigenvalue weighted by Crippen LogP contribution is -2.25. The molecule has 0 saturated carbocycles. The zero-order chi connectivity index (χ0) is 19.4. The van der Waals surface area contributed by atoms with Crippen LogP contribution in [0.2, 0.25) is 0 Å². The third-order valence-electron chi connectivity index (χ3n) is 4.11. The van der Waals surface area contributed by atoms with Crippen LogP contribution in [-0.2, 0) is 6.42 Å². The molecule has 0 bridgehead atoms. The molecule has 3 N–H and O–H groups in total. The molecule has 0 unspecified atom stereocenters. The number of carbonyl (C=O) groups excluding carboxylic acids is 1. The van der Waals surface area contributed by atoms with E-state index in [0.29, 0.717) is 12.1 Å². The molecule has 2 heterocycles. The predicted octanol–water partition coefficient (Wildman–Crippen LogP) is 2.53. The number of carbonyl (C=O) groups is 1. The molecule has 0 aliphatic heterocycles. The fourth-order valence-corrected chi connectivity index (χ4v) is 3.36. The van der Waals surface area contributed by atoms with E-state index in [9.17, 15) is 4.79 Å². The molecular weight excluding hydrogens is 360 g/mol. The van der Waals surface area contributed by atoms with Gasteiger partial charge in [-0.05, 0) is 19.1 Å². The summed E-state index contributed by atoms with van der Waals surface area (Å²) in [6.07, 6.45) is 0.786. The summed E-state index contributed by atoms with van der Waals surface area (Å²) in [5.74, 6) is 0.856. The minimum Gasteiger partial charge on any atom is -0.368 e. The fraction of sp³-hybridized carbons (Fsp3) is 0.263. The molecule has 8 heteroatoms. The maximum Gasteiger partial charge on any atom is 0.251 e. The molecule has 0 aliphatic rings. The number of benzene rings is 1. The molecule has 7 nitrogen and oxygen atoms in total. The van der Waals surface area contributed by atoms with E-state index in [1.54, 1.807) is 23.5 Å². The van der Waals surface area contributed by atoms with Gasteiger partial charge < -0.3 is 16.0 Å². The Labute approximate surface area is 162 Å². The minimum atomic E-state index is -0.0973. The Balaban J connectivity index is 1.66. The number of thiazole rings is 1. The number of rotatable bonds is 6. The zero-order valence-corrected chi connectivity index (χ0v) is 16.4. The Kier molecular flexibility index (Phi) is 5.66. The Morgan fingerprint density at radius 3 is 2.59 bits per heavy atom. The first kappa shape index (κ1) is 18.8. The third kappa shape index (κ3) is 4.59. The van der Waals surface area contributed by atoms with Gasteiger partial charge in [-0.1, -0.05) is 12.1 Å². The van der Waals surface area contributed by atoms with Gasteiger partial charge in [-0.2, -0.15) is 4.98 Å². The lowest BCUT2D eigenvalue weighted by atomic mass is 10.1. The monoisotopic (exact) mass is 382 g/mol. The van der Waals surface area contributed by atoms with Gasteiger partial charge in [-0.15, -0.1) is 11.3 Å². The Morgan fingerprint density at radius 2 is 1.96 bits per heavy atom. The molecule has 0 saturated heterocycles. The lowest BCUT2D eigenvalue weighted by Gasteiger charge is -2.13. The van der Waals surface area contributed by atoms with E-state index in [1.807, 2.05) is 49.6 Å². The van der Waals surface area contributed by atoms with Crippen molar-refractivity contribution in [1.29, 1.82) is 0 Å². The molecule has 0 aliphatic carbocycles. The summed E-state index contributed by atoms with van der Waals surface area (Å²) in [6, 6.07) is 9.17. The van der Waals surface area contributed by atoms with Crippen LogP contribution in [0.5, 0.6) is 0 Å². The summed E-state index contributed by atoms with van der Waals surface area (Å²) in [6.45, 7) is 2.56. The molecule has 27 heavy (non-hydrogen) atoms. The normalized spacial score (nSPS) is 10.6. The largest absolute Gasteiger partial charge is 0.368 e. The van der Waals surface area contributed by atoms with Crippen molar-refractivity contribution in [3.63, 3.8) is 0 Å². The number of amides is 1. The number of aromatic nitrogens is 3. The summed E-state index contributed by atoms with van der Waals surface area (Å²) < 4.78 is 0. The molecule has 0 fully saturated rings. The molecule has 1 aromatic carbocycles. The molecule has 140 valence electrons. The number of nitrogens with one attached hydrogen (secondary N) is 1. The van der Waals surface area contributed by atoms with Gasteiger partial charge in [0.25, 0.3) is 5.91 Å². The van der Waals surface area contributed by atoms with E-state index in [2.05, 4.69) is 20.3 Å². The van der Waals surface area contributed by atoms with Gasteiger partial charge in [0.05, 0.1) is 16.9 Å². The lowest BCUT2D eigenvalue weighted by molar-refractivity contribution is 0.0954. The maximum atomic E-state index is 12.3. The van der Waals surface area contributed by atoms with E-state index in [1.165, 1.54) is 4.88 Å². The first-order valence-corrected chi connectivity index (χ1v) is 9.41. The van der Waals surface area contributed by atoms with Gasteiger partial charge >= 0.3 is 0 Å². The highest BCUT2D eigenvalue weighted by Gasteiger charge is 2.09. The van der Waals surface area contributed by atoms with Crippen LogP contribution in [0.3, 0.4) is 0 Å². The van der Waals surface area contributed by atoms with Crippen LogP contribution in [0.15, 0.2) is 35.8 Å². The van der Waals surface area contributed by atoms with Crippen molar-refractivity contribution in [1.82, 2.24) is 20.3 Å². The number of aryl methyl sites for hydroxylation is 1. The molecule has 1 amide bonds. The van der Waals surface area contributed by atoms with Crippen molar-refractivity contribution in [3.05, 3.63) is 52.0 Å². The number of nitrogens with zero attached hydrogens (tertiary/aromatic N) is 4. The van der Waals surface area contributed by atoms with Crippen LogP contribution in [0.4, 0.5) is 11.8 Å². The quantitative estimate of drug-likeness (QED) is 0.680. The number of hydrogen-bond donors (Lipinski definition) is 2. The molecule has 2 aromatic heterocycles. The van der Waals surface area contributed by atoms with Crippen molar-refractivity contribution >= 4 is 29.0 Å². The fourth-order valence-electron chi connectivity index (χ4n) is 2.58. The second-order valence-corrected chi connectivity index (χ2v) is 7.25. The maximum absolute atomic E-state index is 12.3. The standard InChI is InChI=1S/C19H22N6OS/c1-12-16(27-11-22-12)8-9-21-18(26)14-6-4-13(5-7-14)15-10-17(25(2)3)24-19(20)23-15/h4-7,10-11H,8-9H2,1-3H3,(H,21,26)(H2,20,23,24). The van der Waals surface area contributed by atoms with Crippen LogP contribution in [0, 0.1) is 6.92 Å². The van der Waals surface area contributed by atoms with Crippen LogP contribution in [-0.4, -0.2) is 41.5 Å². The second-order valence-electron chi connectivity index (χ2n) is 6.31. The molecule has 0 spiro atoms. The van der Waals surface area contributed by atoms with Crippen LogP contribution < -0.4 is 16.0 Å². The van der Waals surface area contributed by atoms with Gasteiger partial charge in [0.1, 0.15) is 5.82 Å². The second kappa shape index (κ2) is 8.13. The van der Waals surface area contributed by atoms with Gasteiger partial charge in [-0.25, -0.2) is 9.97 Å². The topological polar surface area (TPSA) is 97.0 Å². The smallest absolute Gasteiger partial charge is 0.251 e. The van der Waals surface area contributed by atoms with E-state index in [4.69, 9.17) is 5.73 Å². The summed E-state index contributed by atoms with van der Waals surface area (Å²) >= 11 is 1.61. The Morgan fingerprint density at radius 1 is 1.22 bits per heavy atom. The minimum absolute atomic E-state index is 0.0973. The first-order valence-electron chi connectivity index (χ1n) is 8.53. The number of anilines is 2. The molecule has 3 aromatic rings. The highest BCUT2D eigenvalue weighted by atomic mass is 32.1. The molecule has 0 radical (unpaired) electrons. The highest BCUT2D eigenvalue weighted by molar-refractivity contribution is 7.09. The summed E-state index contributed by atoms with van der Waals surface area (Å²) in [5, 5.41) is 2.94. The van der Waals surface area contributed by atoms with Gasteiger partial charge in [-0.3, -0.25) is 4.79 Å². The van der Waals surface area contributed by atoms with E-state index in [0.717, 1.165) is 29.2 Å².